The average molecular weight is 294 g/mol. The Labute approximate surface area is 124 Å². The average Bonchev–Trinajstić information content (AvgIpc) is 2.89. The van der Waals surface area contributed by atoms with E-state index in [2.05, 4.69) is 0 Å². The van der Waals surface area contributed by atoms with Crippen LogP contribution < -0.4 is 5.63 Å². The van der Waals surface area contributed by atoms with E-state index in [-0.39, 0.29) is 11.4 Å². The van der Waals surface area contributed by atoms with Crippen molar-refractivity contribution in [3.63, 3.8) is 0 Å². The molecule has 0 aliphatic rings. The highest BCUT2D eigenvalue weighted by molar-refractivity contribution is 6.02. The number of hydrogen-bond acceptors (Lipinski definition) is 3. The lowest BCUT2D eigenvalue weighted by atomic mass is 10.0. The Morgan fingerprint density at radius 2 is 1.73 bits per heavy atom. The quantitative estimate of drug-likeness (QED) is 0.480. The van der Waals surface area contributed by atoms with Gasteiger partial charge in [0, 0.05) is 28.5 Å². The van der Waals surface area contributed by atoms with Crippen LogP contribution in [0.2, 0.25) is 0 Å². The number of furan rings is 1. The summed E-state index contributed by atoms with van der Waals surface area (Å²) in [6.07, 6.45) is 1.63. The van der Waals surface area contributed by atoms with E-state index in [0.717, 1.165) is 27.5 Å². The molecule has 3 nitrogen and oxygen atoms in total. The van der Waals surface area contributed by atoms with Gasteiger partial charge in [0.15, 0.2) is 0 Å². The van der Waals surface area contributed by atoms with Crippen molar-refractivity contribution in [1.82, 2.24) is 0 Å². The van der Waals surface area contributed by atoms with Crippen LogP contribution in [0.25, 0.3) is 33.1 Å². The highest BCUT2D eigenvalue weighted by Crippen LogP contribution is 2.34. The molecule has 0 saturated carbocycles. The minimum Gasteiger partial charge on any atom is -0.464 e. The van der Waals surface area contributed by atoms with Crippen LogP contribution in [0.15, 0.2) is 62.4 Å². The third-order valence-electron chi connectivity index (χ3n) is 3.80. The second kappa shape index (κ2) is 4.56. The lowest BCUT2D eigenvalue weighted by molar-refractivity contribution is 0.558. The van der Waals surface area contributed by atoms with Crippen LogP contribution in [0.1, 0.15) is 5.56 Å². The number of benzene rings is 2. The van der Waals surface area contributed by atoms with Gasteiger partial charge in [-0.1, -0.05) is 12.1 Å². The van der Waals surface area contributed by atoms with Crippen LogP contribution in [-0.2, 0) is 0 Å². The van der Waals surface area contributed by atoms with Gasteiger partial charge in [-0.05, 0) is 36.2 Å². The SMILES string of the molecule is Cc1cc(=O)oc2cc3occ(-c4ccc(F)cc4)c3cc12. The Hall–Kier alpha value is -2.88. The van der Waals surface area contributed by atoms with E-state index >= 15 is 0 Å². The van der Waals surface area contributed by atoms with E-state index < -0.39 is 0 Å². The summed E-state index contributed by atoms with van der Waals surface area (Å²) in [4.78, 5) is 11.5. The van der Waals surface area contributed by atoms with Crippen molar-refractivity contribution in [1.29, 1.82) is 0 Å². The van der Waals surface area contributed by atoms with E-state index in [1.807, 2.05) is 13.0 Å². The number of halogens is 1. The van der Waals surface area contributed by atoms with Crippen LogP contribution in [0.4, 0.5) is 4.39 Å². The van der Waals surface area contributed by atoms with Gasteiger partial charge in [0.25, 0.3) is 0 Å². The Balaban J connectivity index is 2.04. The van der Waals surface area contributed by atoms with Crippen LogP contribution >= 0.6 is 0 Å². The summed E-state index contributed by atoms with van der Waals surface area (Å²) in [5, 5.41) is 1.76. The van der Waals surface area contributed by atoms with Crippen molar-refractivity contribution in [2.45, 2.75) is 6.92 Å². The molecule has 0 saturated heterocycles. The van der Waals surface area contributed by atoms with Gasteiger partial charge in [0.1, 0.15) is 17.0 Å². The molecule has 0 bridgehead atoms. The largest absolute Gasteiger partial charge is 0.464 e. The monoisotopic (exact) mass is 294 g/mol. The molecule has 0 aliphatic heterocycles. The van der Waals surface area contributed by atoms with Gasteiger partial charge in [-0.3, -0.25) is 0 Å². The summed E-state index contributed by atoms with van der Waals surface area (Å²) in [5.74, 6) is -0.278. The molecule has 4 rings (SSSR count). The van der Waals surface area contributed by atoms with Crippen molar-refractivity contribution < 1.29 is 13.2 Å². The summed E-state index contributed by atoms with van der Waals surface area (Å²) >= 11 is 0. The standard InChI is InChI=1S/C18H11FO3/c1-10-6-18(20)22-17-8-16-14(7-13(10)17)15(9-21-16)11-2-4-12(19)5-3-11/h2-9H,1H3. The Morgan fingerprint density at radius 1 is 0.955 bits per heavy atom. The van der Waals surface area contributed by atoms with Gasteiger partial charge in [-0.25, -0.2) is 9.18 Å². The fourth-order valence-corrected chi connectivity index (χ4v) is 2.69. The first-order valence-corrected chi connectivity index (χ1v) is 6.83. The van der Waals surface area contributed by atoms with Crippen molar-refractivity contribution in [3.8, 4) is 11.1 Å². The molecule has 22 heavy (non-hydrogen) atoms. The van der Waals surface area contributed by atoms with E-state index in [9.17, 15) is 9.18 Å². The predicted molar refractivity (Wildman–Crippen MR) is 82.4 cm³/mol. The summed E-state index contributed by atoms with van der Waals surface area (Å²) < 4.78 is 23.9. The van der Waals surface area contributed by atoms with Gasteiger partial charge in [-0.2, -0.15) is 0 Å². The zero-order valence-electron chi connectivity index (χ0n) is 11.7. The van der Waals surface area contributed by atoms with E-state index in [1.54, 1.807) is 24.5 Å². The first-order valence-electron chi connectivity index (χ1n) is 6.83. The summed E-state index contributed by atoms with van der Waals surface area (Å²) in [6, 6.07) is 11.4. The number of fused-ring (bicyclic) bond motifs is 2. The summed E-state index contributed by atoms with van der Waals surface area (Å²) in [5.41, 5.74) is 3.34. The lowest BCUT2D eigenvalue weighted by Gasteiger charge is -2.02. The number of aryl methyl sites for hydroxylation is 1. The maximum atomic E-state index is 13.1. The van der Waals surface area contributed by atoms with Crippen LogP contribution in [0.5, 0.6) is 0 Å². The molecule has 0 atom stereocenters. The molecule has 0 amide bonds. The molecule has 2 aromatic carbocycles. The van der Waals surface area contributed by atoms with Gasteiger partial charge in [0.05, 0.1) is 6.26 Å². The van der Waals surface area contributed by atoms with E-state index in [4.69, 9.17) is 8.83 Å². The second-order valence-corrected chi connectivity index (χ2v) is 5.25. The molecular weight excluding hydrogens is 283 g/mol. The smallest absolute Gasteiger partial charge is 0.336 e. The Kier molecular flexibility index (Phi) is 2.66. The number of rotatable bonds is 1. The van der Waals surface area contributed by atoms with Gasteiger partial charge in [0.2, 0.25) is 0 Å². The molecule has 0 N–H and O–H groups in total. The zero-order valence-corrected chi connectivity index (χ0v) is 11.7. The summed E-state index contributed by atoms with van der Waals surface area (Å²) in [7, 11) is 0. The molecule has 108 valence electrons. The van der Waals surface area contributed by atoms with Gasteiger partial charge < -0.3 is 8.83 Å². The predicted octanol–water partition coefficient (Wildman–Crippen LogP) is 4.65. The van der Waals surface area contributed by atoms with Crippen molar-refractivity contribution in [2.75, 3.05) is 0 Å². The Morgan fingerprint density at radius 3 is 2.50 bits per heavy atom. The normalized spacial score (nSPS) is 11.4. The first kappa shape index (κ1) is 12.8. The maximum absolute atomic E-state index is 13.1. The van der Waals surface area contributed by atoms with E-state index in [1.165, 1.54) is 18.2 Å². The van der Waals surface area contributed by atoms with E-state index in [0.29, 0.717) is 11.2 Å². The lowest BCUT2D eigenvalue weighted by Crippen LogP contribution is -1.97. The Bertz CT molecular complexity index is 1060. The third-order valence-corrected chi connectivity index (χ3v) is 3.80. The fourth-order valence-electron chi connectivity index (χ4n) is 2.69. The molecular formula is C18H11FO3. The molecule has 2 heterocycles. The van der Waals surface area contributed by atoms with Crippen molar-refractivity contribution >= 4 is 21.9 Å². The molecule has 0 radical (unpaired) electrons. The summed E-state index contributed by atoms with van der Waals surface area (Å²) in [6.45, 7) is 1.86. The van der Waals surface area contributed by atoms with Crippen molar-refractivity contribution in [2.24, 2.45) is 0 Å². The fraction of sp³-hybridized carbons (Fsp3) is 0.0556. The highest BCUT2D eigenvalue weighted by atomic mass is 19.1. The molecule has 0 unspecified atom stereocenters. The molecule has 0 fully saturated rings. The third kappa shape index (κ3) is 1.92. The minimum atomic E-state index is -0.380. The molecule has 0 spiro atoms. The molecule has 4 heteroatoms. The van der Waals surface area contributed by atoms with Crippen LogP contribution in [-0.4, -0.2) is 0 Å². The first-order chi connectivity index (χ1) is 10.6. The maximum Gasteiger partial charge on any atom is 0.336 e. The van der Waals surface area contributed by atoms with Crippen LogP contribution in [0.3, 0.4) is 0 Å². The highest BCUT2D eigenvalue weighted by Gasteiger charge is 2.12. The topological polar surface area (TPSA) is 43.4 Å². The van der Waals surface area contributed by atoms with Crippen molar-refractivity contribution in [3.05, 3.63) is 70.5 Å². The molecule has 2 aromatic heterocycles. The number of hydrogen-bond donors (Lipinski definition) is 0. The molecule has 4 aromatic rings. The molecule has 0 aliphatic carbocycles. The van der Waals surface area contributed by atoms with Gasteiger partial charge in [-0.15, -0.1) is 0 Å². The second-order valence-electron chi connectivity index (χ2n) is 5.25. The van der Waals surface area contributed by atoms with Gasteiger partial charge >= 0.3 is 5.63 Å². The minimum absolute atomic E-state index is 0.278. The zero-order chi connectivity index (χ0) is 15.3. The van der Waals surface area contributed by atoms with Crippen LogP contribution in [0, 0.1) is 12.7 Å².